The first-order chi connectivity index (χ1) is 10.5. The Kier molecular flexibility index (Phi) is 4.95. The second-order valence-corrected chi connectivity index (χ2v) is 5.39. The van der Waals surface area contributed by atoms with E-state index in [0.29, 0.717) is 16.9 Å². The molecule has 1 heterocycles. The topological polar surface area (TPSA) is 77.2 Å². The van der Waals surface area contributed by atoms with E-state index >= 15 is 0 Å². The van der Waals surface area contributed by atoms with Gasteiger partial charge in [0.15, 0.2) is 0 Å². The number of benzene rings is 1. The minimum absolute atomic E-state index is 0.133. The molecule has 0 radical (unpaired) electrons. The van der Waals surface area contributed by atoms with Crippen molar-refractivity contribution in [3.05, 3.63) is 47.8 Å². The number of aryl methyl sites for hydroxylation is 1. The van der Waals surface area contributed by atoms with Gasteiger partial charge in [0.2, 0.25) is 5.91 Å². The van der Waals surface area contributed by atoms with E-state index in [-0.39, 0.29) is 18.4 Å². The average Bonchev–Trinajstić information content (AvgIpc) is 2.95. The third-order valence-corrected chi connectivity index (χ3v) is 3.02. The molecule has 0 spiro atoms. The Hall–Kier alpha value is -2.60. The number of hydrogen-bond acceptors (Lipinski definition) is 3. The lowest BCUT2D eigenvalue weighted by Gasteiger charge is -2.14. The van der Waals surface area contributed by atoms with Crippen molar-refractivity contribution in [1.29, 1.82) is 0 Å². The Morgan fingerprint density at radius 3 is 2.55 bits per heavy atom. The lowest BCUT2D eigenvalue weighted by Crippen LogP contribution is -2.27. The van der Waals surface area contributed by atoms with Gasteiger partial charge in [-0.3, -0.25) is 9.59 Å². The fraction of sp³-hybridized carbons (Fsp3) is 0.250. The van der Waals surface area contributed by atoms with E-state index in [1.165, 1.54) is 0 Å². The third kappa shape index (κ3) is 4.20. The fourth-order valence-corrected chi connectivity index (χ4v) is 2.01. The van der Waals surface area contributed by atoms with Crippen molar-refractivity contribution in [2.24, 2.45) is 0 Å². The summed E-state index contributed by atoms with van der Waals surface area (Å²) in [4.78, 5) is 28.7. The molecule has 1 aromatic carbocycles. The van der Waals surface area contributed by atoms with Gasteiger partial charge in [-0.2, -0.15) is 0 Å². The van der Waals surface area contributed by atoms with E-state index in [1.807, 2.05) is 33.2 Å². The summed E-state index contributed by atoms with van der Waals surface area (Å²) >= 11 is 0. The van der Waals surface area contributed by atoms with Crippen molar-refractivity contribution < 1.29 is 9.59 Å². The van der Waals surface area contributed by atoms with Crippen molar-refractivity contribution in [2.45, 2.75) is 6.92 Å². The third-order valence-electron chi connectivity index (χ3n) is 3.02. The number of aromatic nitrogens is 1. The highest BCUT2D eigenvalue weighted by Gasteiger charge is 2.12. The number of amides is 2. The highest BCUT2D eigenvalue weighted by atomic mass is 16.2. The molecule has 0 saturated heterocycles. The number of carbonyl (C=O) groups is 2. The number of H-pyrrole nitrogens is 1. The minimum Gasteiger partial charge on any atom is -0.367 e. The summed E-state index contributed by atoms with van der Waals surface area (Å²) in [6.45, 7) is 2.20. The predicted molar refractivity (Wildman–Crippen MR) is 87.1 cm³/mol. The van der Waals surface area contributed by atoms with Crippen molar-refractivity contribution >= 4 is 23.2 Å². The Bertz CT molecular complexity index is 663. The number of nitrogens with zero attached hydrogens (tertiary/aromatic N) is 1. The smallest absolute Gasteiger partial charge is 0.257 e. The normalized spacial score (nSPS) is 10.5. The van der Waals surface area contributed by atoms with Gasteiger partial charge in [-0.05, 0) is 44.8 Å². The van der Waals surface area contributed by atoms with Gasteiger partial charge in [0.05, 0.1) is 23.5 Å². The van der Waals surface area contributed by atoms with Gasteiger partial charge in [-0.15, -0.1) is 0 Å². The second kappa shape index (κ2) is 6.91. The number of rotatable bonds is 5. The zero-order valence-electron chi connectivity index (χ0n) is 12.9. The molecule has 2 rings (SSSR count). The molecular weight excluding hydrogens is 280 g/mol. The van der Waals surface area contributed by atoms with Gasteiger partial charge in [0.1, 0.15) is 0 Å². The maximum absolute atomic E-state index is 12.2. The predicted octanol–water partition coefficient (Wildman–Crippen LogP) is 2.08. The zero-order valence-corrected chi connectivity index (χ0v) is 12.9. The average molecular weight is 300 g/mol. The van der Waals surface area contributed by atoms with Crippen LogP contribution in [0.2, 0.25) is 0 Å². The van der Waals surface area contributed by atoms with Crippen LogP contribution in [-0.2, 0) is 4.79 Å². The lowest BCUT2D eigenvalue weighted by molar-refractivity contribution is -0.116. The second-order valence-electron chi connectivity index (χ2n) is 5.39. The molecule has 6 heteroatoms. The van der Waals surface area contributed by atoms with Crippen LogP contribution >= 0.6 is 0 Å². The lowest BCUT2D eigenvalue weighted by atomic mass is 10.1. The van der Waals surface area contributed by atoms with Crippen molar-refractivity contribution in [1.82, 2.24) is 9.88 Å². The molecule has 0 fully saturated rings. The number of nitrogens with one attached hydrogen (secondary N) is 3. The molecule has 0 unspecified atom stereocenters. The Labute approximate surface area is 129 Å². The molecule has 1 aromatic heterocycles. The first kappa shape index (κ1) is 15.8. The summed E-state index contributed by atoms with van der Waals surface area (Å²) in [5, 5.41) is 5.64. The van der Waals surface area contributed by atoms with Crippen LogP contribution < -0.4 is 10.6 Å². The molecule has 0 aliphatic rings. The highest BCUT2D eigenvalue weighted by Crippen LogP contribution is 2.23. The number of anilines is 2. The molecule has 22 heavy (non-hydrogen) atoms. The standard InChI is InChI=1S/C16H20N4O2/c1-11-4-5-13(18-15(21)10-20(2)3)14(8-11)19-16(22)12-6-7-17-9-12/h4-9,17H,10H2,1-3H3,(H,18,21)(H,19,22). The fourth-order valence-electron chi connectivity index (χ4n) is 2.01. The first-order valence-electron chi connectivity index (χ1n) is 6.95. The summed E-state index contributed by atoms with van der Waals surface area (Å²) < 4.78 is 0. The van der Waals surface area contributed by atoms with Crippen molar-refractivity contribution in [2.75, 3.05) is 31.3 Å². The van der Waals surface area contributed by atoms with Crippen LogP contribution in [0.5, 0.6) is 0 Å². The largest absolute Gasteiger partial charge is 0.367 e. The number of hydrogen-bond donors (Lipinski definition) is 3. The zero-order chi connectivity index (χ0) is 16.1. The van der Waals surface area contributed by atoms with Crippen LogP contribution in [0.1, 0.15) is 15.9 Å². The number of carbonyl (C=O) groups excluding carboxylic acids is 2. The molecule has 3 N–H and O–H groups in total. The van der Waals surface area contributed by atoms with Crippen LogP contribution in [0.4, 0.5) is 11.4 Å². The maximum atomic E-state index is 12.2. The van der Waals surface area contributed by atoms with E-state index < -0.39 is 0 Å². The summed E-state index contributed by atoms with van der Waals surface area (Å²) in [6.07, 6.45) is 3.31. The summed E-state index contributed by atoms with van der Waals surface area (Å²) in [5.41, 5.74) is 2.70. The monoisotopic (exact) mass is 300 g/mol. The van der Waals surface area contributed by atoms with Crippen molar-refractivity contribution in [3.63, 3.8) is 0 Å². The summed E-state index contributed by atoms with van der Waals surface area (Å²) in [7, 11) is 3.65. The van der Waals surface area contributed by atoms with Gasteiger partial charge in [-0.1, -0.05) is 6.07 Å². The molecule has 0 saturated carbocycles. The quantitative estimate of drug-likeness (QED) is 0.791. The summed E-state index contributed by atoms with van der Waals surface area (Å²) in [6, 6.07) is 7.19. The van der Waals surface area contributed by atoms with Gasteiger partial charge < -0.3 is 20.5 Å². The SMILES string of the molecule is Cc1ccc(NC(=O)CN(C)C)c(NC(=O)c2cc[nH]c2)c1. The van der Waals surface area contributed by atoms with Crippen molar-refractivity contribution in [3.8, 4) is 0 Å². The molecule has 6 nitrogen and oxygen atoms in total. The molecule has 0 atom stereocenters. The number of likely N-dealkylation sites (N-methyl/N-ethyl adjacent to an activating group) is 1. The molecule has 0 bridgehead atoms. The highest BCUT2D eigenvalue weighted by molar-refractivity contribution is 6.07. The number of aromatic amines is 1. The molecule has 2 aromatic rings. The van der Waals surface area contributed by atoms with Crippen LogP contribution in [0.25, 0.3) is 0 Å². The van der Waals surface area contributed by atoms with E-state index in [2.05, 4.69) is 15.6 Å². The molecule has 116 valence electrons. The minimum atomic E-state index is -0.227. The van der Waals surface area contributed by atoms with E-state index in [0.717, 1.165) is 5.56 Å². The molecular formula is C16H20N4O2. The Morgan fingerprint density at radius 1 is 1.14 bits per heavy atom. The van der Waals surface area contributed by atoms with E-state index in [9.17, 15) is 9.59 Å². The van der Waals surface area contributed by atoms with Crippen LogP contribution in [-0.4, -0.2) is 42.3 Å². The van der Waals surface area contributed by atoms with Crippen LogP contribution in [0, 0.1) is 6.92 Å². The first-order valence-corrected chi connectivity index (χ1v) is 6.95. The molecule has 2 amide bonds. The van der Waals surface area contributed by atoms with Gasteiger partial charge >= 0.3 is 0 Å². The maximum Gasteiger partial charge on any atom is 0.257 e. The molecule has 0 aliphatic carbocycles. The van der Waals surface area contributed by atoms with Gasteiger partial charge in [-0.25, -0.2) is 0 Å². The van der Waals surface area contributed by atoms with Crippen LogP contribution in [0.3, 0.4) is 0 Å². The van der Waals surface area contributed by atoms with E-state index in [1.54, 1.807) is 29.4 Å². The Morgan fingerprint density at radius 2 is 1.91 bits per heavy atom. The molecule has 0 aliphatic heterocycles. The van der Waals surface area contributed by atoms with Gasteiger partial charge in [0, 0.05) is 12.4 Å². The van der Waals surface area contributed by atoms with Gasteiger partial charge in [0.25, 0.3) is 5.91 Å². The Balaban J connectivity index is 2.17. The summed E-state index contributed by atoms with van der Waals surface area (Å²) in [5.74, 6) is -0.360. The van der Waals surface area contributed by atoms with Crippen LogP contribution in [0.15, 0.2) is 36.7 Å². The van der Waals surface area contributed by atoms with E-state index in [4.69, 9.17) is 0 Å².